The predicted molar refractivity (Wildman–Crippen MR) is 124 cm³/mol. The number of aliphatic hydroxyl groups is 1. The van der Waals surface area contributed by atoms with Crippen LogP contribution in [0.1, 0.15) is 53.0 Å². The summed E-state index contributed by atoms with van der Waals surface area (Å²) >= 11 is 0. The van der Waals surface area contributed by atoms with Crippen molar-refractivity contribution >= 4 is 23.4 Å². The third-order valence-electron chi connectivity index (χ3n) is 6.27. The first-order chi connectivity index (χ1) is 16.7. The van der Waals surface area contributed by atoms with E-state index in [0.29, 0.717) is 0 Å². The minimum absolute atomic E-state index is 0.0159. The Hall–Kier alpha value is -3.63. The lowest BCUT2D eigenvalue weighted by atomic mass is 10.0. The SMILES string of the molecule is CC(C)C[C@@H](C(=O)N1CC(OCc2ccc([N+](=O)[O-])cc2)CC1O)N1C(=O)c2ccccc2C1=O. The molecule has 3 amide bonds. The summed E-state index contributed by atoms with van der Waals surface area (Å²) in [6, 6.07) is 11.4. The lowest BCUT2D eigenvalue weighted by Gasteiger charge is -2.31. The molecule has 0 saturated carbocycles. The Labute approximate surface area is 202 Å². The summed E-state index contributed by atoms with van der Waals surface area (Å²) in [6.07, 6.45) is -1.14. The number of fused-ring (bicyclic) bond motifs is 1. The van der Waals surface area contributed by atoms with Crippen LogP contribution in [0.4, 0.5) is 5.69 Å². The monoisotopic (exact) mass is 481 g/mol. The molecule has 2 aromatic carbocycles. The summed E-state index contributed by atoms with van der Waals surface area (Å²) in [6.45, 7) is 4.06. The average Bonchev–Trinajstić information content (AvgIpc) is 3.33. The molecule has 10 nitrogen and oxygen atoms in total. The van der Waals surface area contributed by atoms with Crippen LogP contribution in [0.25, 0.3) is 0 Å². The molecule has 4 rings (SSSR count). The van der Waals surface area contributed by atoms with Crippen molar-refractivity contribution in [3.8, 4) is 0 Å². The molecule has 10 heteroatoms. The number of carbonyl (C=O) groups excluding carboxylic acids is 3. The highest BCUT2D eigenvalue weighted by Gasteiger charge is 2.46. The molecule has 1 fully saturated rings. The Morgan fingerprint density at radius 1 is 1.11 bits per heavy atom. The van der Waals surface area contributed by atoms with Crippen molar-refractivity contribution in [1.82, 2.24) is 9.80 Å². The van der Waals surface area contributed by atoms with Gasteiger partial charge in [-0.25, -0.2) is 0 Å². The summed E-state index contributed by atoms with van der Waals surface area (Å²) in [5.41, 5.74) is 1.24. The number of nitrogens with zero attached hydrogens (tertiary/aromatic N) is 3. The molecule has 2 aromatic rings. The molecular weight excluding hydrogens is 454 g/mol. The lowest BCUT2D eigenvalue weighted by Crippen LogP contribution is -2.52. The first kappa shape index (κ1) is 24.5. The highest BCUT2D eigenvalue weighted by molar-refractivity contribution is 6.22. The van der Waals surface area contributed by atoms with Gasteiger partial charge in [-0.15, -0.1) is 0 Å². The van der Waals surface area contributed by atoms with Crippen LogP contribution in [0.3, 0.4) is 0 Å². The van der Waals surface area contributed by atoms with Crippen LogP contribution in [-0.4, -0.2) is 62.5 Å². The molecule has 2 heterocycles. The number of nitro groups is 1. The van der Waals surface area contributed by atoms with Gasteiger partial charge in [-0.05, 0) is 42.2 Å². The van der Waals surface area contributed by atoms with Crippen LogP contribution in [0, 0.1) is 16.0 Å². The number of aliphatic hydroxyl groups excluding tert-OH is 1. The third-order valence-corrected chi connectivity index (χ3v) is 6.27. The number of ether oxygens (including phenoxy) is 1. The molecule has 0 bridgehead atoms. The second-order valence-electron chi connectivity index (χ2n) is 9.23. The second-order valence-corrected chi connectivity index (χ2v) is 9.23. The maximum Gasteiger partial charge on any atom is 0.269 e. The summed E-state index contributed by atoms with van der Waals surface area (Å²) in [4.78, 5) is 52.2. The highest BCUT2D eigenvalue weighted by Crippen LogP contribution is 2.30. The van der Waals surface area contributed by atoms with Crippen molar-refractivity contribution in [3.05, 3.63) is 75.3 Å². The van der Waals surface area contributed by atoms with E-state index < -0.39 is 41.0 Å². The van der Waals surface area contributed by atoms with E-state index in [-0.39, 0.29) is 48.7 Å². The molecule has 184 valence electrons. The van der Waals surface area contributed by atoms with E-state index in [0.717, 1.165) is 10.5 Å². The Morgan fingerprint density at radius 2 is 1.71 bits per heavy atom. The zero-order valence-corrected chi connectivity index (χ0v) is 19.5. The molecule has 0 spiro atoms. The van der Waals surface area contributed by atoms with Crippen LogP contribution in [0.2, 0.25) is 0 Å². The number of non-ortho nitro benzene ring substituents is 1. The van der Waals surface area contributed by atoms with Crippen LogP contribution in [0.5, 0.6) is 0 Å². The molecule has 0 aliphatic carbocycles. The number of hydrogen-bond acceptors (Lipinski definition) is 7. The number of nitro benzene ring substituents is 1. The van der Waals surface area contributed by atoms with E-state index in [1.807, 2.05) is 13.8 Å². The number of rotatable bonds is 8. The summed E-state index contributed by atoms with van der Waals surface area (Å²) < 4.78 is 5.85. The van der Waals surface area contributed by atoms with Crippen molar-refractivity contribution in [1.29, 1.82) is 0 Å². The summed E-state index contributed by atoms with van der Waals surface area (Å²) in [7, 11) is 0. The van der Waals surface area contributed by atoms with E-state index in [4.69, 9.17) is 4.74 Å². The van der Waals surface area contributed by atoms with Gasteiger partial charge in [-0.2, -0.15) is 0 Å². The molecule has 2 aliphatic heterocycles. The van der Waals surface area contributed by atoms with Gasteiger partial charge in [0.05, 0.1) is 28.8 Å². The Bertz CT molecular complexity index is 1110. The van der Waals surface area contributed by atoms with Crippen molar-refractivity contribution in [2.45, 2.75) is 51.7 Å². The fourth-order valence-corrected chi connectivity index (χ4v) is 4.51. The third kappa shape index (κ3) is 4.94. The number of benzene rings is 2. The predicted octanol–water partition coefficient (Wildman–Crippen LogP) is 2.74. The first-order valence-corrected chi connectivity index (χ1v) is 11.5. The minimum Gasteiger partial charge on any atom is -0.373 e. The number of hydrogen-bond donors (Lipinski definition) is 1. The zero-order chi connectivity index (χ0) is 25.3. The average molecular weight is 482 g/mol. The summed E-state index contributed by atoms with van der Waals surface area (Å²) in [5.74, 6) is -1.50. The molecule has 0 radical (unpaired) electrons. The molecular formula is C25H27N3O7. The van der Waals surface area contributed by atoms with Gasteiger partial charge >= 0.3 is 0 Å². The molecule has 3 atom stereocenters. The quantitative estimate of drug-likeness (QED) is 0.348. The van der Waals surface area contributed by atoms with Gasteiger partial charge in [-0.1, -0.05) is 26.0 Å². The molecule has 1 N–H and O–H groups in total. The Morgan fingerprint density at radius 3 is 2.26 bits per heavy atom. The first-order valence-electron chi connectivity index (χ1n) is 11.5. The van der Waals surface area contributed by atoms with Crippen LogP contribution >= 0.6 is 0 Å². The Balaban J connectivity index is 1.46. The van der Waals surface area contributed by atoms with Gasteiger partial charge in [-0.3, -0.25) is 29.4 Å². The molecule has 35 heavy (non-hydrogen) atoms. The number of likely N-dealkylation sites (tertiary alicyclic amines) is 1. The van der Waals surface area contributed by atoms with Gasteiger partial charge < -0.3 is 14.7 Å². The standard InChI is InChI=1S/C25H27N3O7/c1-15(2)11-21(27-23(30)19-5-3-4-6-20(19)24(27)31)25(32)26-13-18(12-22(26)29)35-14-16-7-9-17(10-8-16)28(33)34/h3-10,15,18,21-22,29H,11-14H2,1-2H3/t18?,21-,22?/m0/s1. The van der Waals surface area contributed by atoms with Gasteiger partial charge in [0.25, 0.3) is 17.5 Å². The van der Waals surface area contributed by atoms with Gasteiger partial charge in [0, 0.05) is 25.1 Å². The van der Waals surface area contributed by atoms with Crippen LogP contribution < -0.4 is 0 Å². The van der Waals surface area contributed by atoms with Gasteiger partial charge in [0.1, 0.15) is 12.3 Å². The fourth-order valence-electron chi connectivity index (χ4n) is 4.51. The molecule has 2 unspecified atom stereocenters. The van der Waals surface area contributed by atoms with E-state index in [1.165, 1.54) is 17.0 Å². The normalized spacial score (nSPS) is 20.5. The Kier molecular flexibility index (Phi) is 6.95. The summed E-state index contributed by atoms with van der Waals surface area (Å²) in [5, 5.41) is 21.4. The maximum absolute atomic E-state index is 13.5. The number of amides is 3. The molecule has 1 saturated heterocycles. The number of imide groups is 1. The smallest absolute Gasteiger partial charge is 0.269 e. The highest BCUT2D eigenvalue weighted by atomic mass is 16.6. The van der Waals surface area contributed by atoms with E-state index in [9.17, 15) is 29.6 Å². The van der Waals surface area contributed by atoms with E-state index in [1.54, 1.807) is 36.4 Å². The second kappa shape index (κ2) is 9.93. The van der Waals surface area contributed by atoms with Crippen molar-refractivity contribution < 1.29 is 29.2 Å². The molecule has 0 aromatic heterocycles. The van der Waals surface area contributed by atoms with E-state index >= 15 is 0 Å². The van der Waals surface area contributed by atoms with Crippen LogP contribution in [0.15, 0.2) is 48.5 Å². The fraction of sp³-hybridized carbons (Fsp3) is 0.400. The van der Waals surface area contributed by atoms with E-state index in [2.05, 4.69) is 0 Å². The number of carbonyl (C=O) groups is 3. The van der Waals surface area contributed by atoms with Crippen molar-refractivity contribution in [3.63, 3.8) is 0 Å². The van der Waals surface area contributed by atoms with Gasteiger partial charge in [0.2, 0.25) is 5.91 Å². The maximum atomic E-state index is 13.5. The lowest BCUT2D eigenvalue weighted by molar-refractivity contribution is -0.384. The zero-order valence-electron chi connectivity index (χ0n) is 19.5. The molecule has 2 aliphatic rings. The van der Waals surface area contributed by atoms with Crippen LogP contribution in [-0.2, 0) is 16.1 Å². The van der Waals surface area contributed by atoms with Crippen molar-refractivity contribution in [2.75, 3.05) is 6.54 Å². The largest absolute Gasteiger partial charge is 0.373 e. The van der Waals surface area contributed by atoms with Gasteiger partial charge in [0.15, 0.2) is 0 Å². The minimum atomic E-state index is -1.12. The van der Waals surface area contributed by atoms with Crippen molar-refractivity contribution in [2.24, 2.45) is 5.92 Å². The topological polar surface area (TPSA) is 130 Å².